The molecule has 2 heterocycles. The van der Waals surface area contributed by atoms with E-state index in [1.807, 2.05) is 12.1 Å². The lowest BCUT2D eigenvalue weighted by atomic mass is 9.96. The Morgan fingerprint density at radius 3 is 1.57 bits per heavy atom. The zero-order valence-corrected chi connectivity index (χ0v) is 35.3. The van der Waals surface area contributed by atoms with Crippen LogP contribution in [0.15, 0.2) is 245 Å². The van der Waals surface area contributed by atoms with Crippen LogP contribution in [0, 0.1) is 0 Å². The standard InChI is InChI=1S/C62H39NO2/c1-3-13-50-43(10-1)12-9-17-51(50)45-22-20-40(21-23-45)41-24-31-48(32-25-41)63(49-33-26-42(27-34-49)46-29-35-55-54-16-6-8-19-59(54)64-61(55)39-46)58-18-7-5-14-52(58)47-30-37-60-57(38-47)56-36-28-44-11-2-4-15-53(44)62(56)65-60/h1-39H. The summed E-state index contributed by atoms with van der Waals surface area (Å²) in [6.07, 6.45) is 0. The lowest BCUT2D eigenvalue weighted by Crippen LogP contribution is -2.11. The fourth-order valence-electron chi connectivity index (χ4n) is 9.84. The Bertz CT molecular complexity index is 3930. The summed E-state index contributed by atoms with van der Waals surface area (Å²) in [6.45, 7) is 0. The Morgan fingerprint density at radius 1 is 0.262 bits per heavy atom. The summed E-state index contributed by atoms with van der Waals surface area (Å²) < 4.78 is 12.8. The van der Waals surface area contributed by atoms with Crippen LogP contribution in [0.5, 0.6) is 0 Å². The predicted molar refractivity (Wildman–Crippen MR) is 272 cm³/mol. The number of fused-ring (bicyclic) bond motifs is 9. The van der Waals surface area contributed by atoms with Crippen molar-refractivity contribution in [3.05, 3.63) is 237 Å². The van der Waals surface area contributed by atoms with E-state index >= 15 is 0 Å². The van der Waals surface area contributed by atoms with Crippen LogP contribution in [0.1, 0.15) is 0 Å². The van der Waals surface area contributed by atoms with Crippen LogP contribution in [0.2, 0.25) is 0 Å². The number of benzene rings is 11. The van der Waals surface area contributed by atoms with Crippen molar-refractivity contribution in [2.24, 2.45) is 0 Å². The van der Waals surface area contributed by atoms with Gasteiger partial charge in [-0.2, -0.15) is 0 Å². The fraction of sp³-hybridized carbons (Fsp3) is 0. The molecule has 304 valence electrons. The number of para-hydroxylation sites is 2. The first-order valence-electron chi connectivity index (χ1n) is 22.1. The smallest absolute Gasteiger partial charge is 0.143 e. The highest BCUT2D eigenvalue weighted by Crippen LogP contribution is 2.44. The molecule has 0 N–H and O–H groups in total. The van der Waals surface area contributed by atoms with Crippen molar-refractivity contribution in [1.29, 1.82) is 0 Å². The minimum Gasteiger partial charge on any atom is -0.456 e. The first kappa shape index (κ1) is 36.9. The maximum atomic E-state index is 6.54. The van der Waals surface area contributed by atoms with E-state index in [9.17, 15) is 0 Å². The van der Waals surface area contributed by atoms with Gasteiger partial charge >= 0.3 is 0 Å². The van der Waals surface area contributed by atoms with E-state index in [1.54, 1.807) is 0 Å². The number of anilines is 3. The molecular formula is C62H39NO2. The second kappa shape index (κ2) is 15.0. The summed E-state index contributed by atoms with van der Waals surface area (Å²) in [4.78, 5) is 2.38. The lowest BCUT2D eigenvalue weighted by Gasteiger charge is -2.28. The molecule has 0 amide bonds. The van der Waals surface area contributed by atoms with Crippen LogP contribution in [0.4, 0.5) is 17.1 Å². The SMILES string of the molecule is c1ccc(N(c2ccc(-c3ccc(-c4cccc5ccccc45)cc3)cc2)c2ccc(-c3ccc4c(c3)oc3ccccc34)cc2)c(-c2ccc3oc4c5ccccc5ccc4c3c2)c1. The maximum absolute atomic E-state index is 6.54. The third kappa shape index (κ3) is 6.28. The number of rotatable bonds is 7. The maximum Gasteiger partial charge on any atom is 0.143 e. The Balaban J connectivity index is 0.903. The summed E-state index contributed by atoms with van der Waals surface area (Å²) in [5, 5.41) is 9.29. The predicted octanol–water partition coefficient (Wildman–Crippen LogP) is 17.9. The number of hydrogen-bond donors (Lipinski definition) is 0. The first-order valence-corrected chi connectivity index (χ1v) is 22.1. The molecule has 0 aliphatic heterocycles. The summed E-state index contributed by atoms with van der Waals surface area (Å²) in [6, 6.07) is 84.8. The van der Waals surface area contributed by atoms with E-state index in [0.29, 0.717) is 0 Å². The van der Waals surface area contributed by atoms with E-state index in [-0.39, 0.29) is 0 Å². The minimum atomic E-state index is 0.881. The Kier molecular flexibility index (Phi) is 8.53. The normalized spacial score (nSPS) is 11.7. The molecule has 0 aliphatic carbocycles. The first-order chi connectivity index (χ1) is 32.2. The fourth-order valence-corrected chi connectivity index (χ4v) is 9.84. The number of nitrogens with zero attached hydrogens (tertiary/aromatic N) is 1. The van der Waals surface area contributed by atoms with E-state index in [2.05, 4.69) is 229 Å². The van der Waals surface area contributed by atoms with E-state index in [1.165, 1.54) is 32.8 Å². The van der Waals surface area contributed by atoms with Crippen molar-refractivity contribution in [3.8, 4) is 44.5 Å². The van der Waals surface area contributed by atoms with Crippen LogP contribution in [-0.4, -0.2) is 0 Å². The van der Waals surface area contributed by atoms with Crippen molar-refractivity contribution < 1.29 is 8.83 Å². The molecule has 3 heteroatoms. The van der Waals surface area contributed by atoms with E-state index in [0.717, 1.165) is 94.1 Å². The van der Waals surface area contributed by atoms with Gasteiger partial charge < -0.3 is 13.7 Å². The summed E-state index contributed by atoms with van der Waals surface area (Å²) in [5.74, 6) is 0. The van der Waals surface area contributed by atoms with Gasteiger partial charge in [0.1, 0.15) is 22.3 Å². The Labute approximate surface area is 375 Å². The molecule has 0 aliphatic rings. The molecule has 13 rings (SSSR count). The van der Waals surface area contributed by atoms with Gasteiger partial charge in [0.15, 0.2) is 0 Å². The minimum absolute atomic E-state index is 0.881. The molecule has 13 aromatic rings. The molecule has 0 bridgehead atoms. The highest BCUT2D eigenvalue weighted by Gasteiger charge is 2.20. The van der Waals surface area contributed by atoms with Crippen LogP contribution < -0.4 is 4.90 Å². The van der Waals surface area contributed by atoms with Gasteiger partial charge in [-0.05, 0) is 122 Å². The monoisotopic (exact) mass is 829 g/mol. The Hall–Kier alpha value is -8.66. The topological polar surface area (TPSA) is 29.5 Å². The molecule has 11 aromatic carbocycles. The zero-order valence-electron chi connectivity index (χ0n) is 35.3. The third-order valence-corrected chi connectivity index (χ3v) is 13.1. The lowest BCUT2D eigenvalue weighted by molar-refractivity contribution is 0.669. The van der Waals surface area contributed by atoms with Crippen molar-refractivity contribution in [3.63, 3.8) is 0 Å². The molecule has 0 unspecified atom stereocenters. The number of furan rings is 2. The molecular weight excluding hydrogens is 791 g/mol. The van der Waals surface area contributed by atoms with Crippen molar-refractivity contribution in [1.82, 2.24) is 0 Å². The quantitative estimate of drug-likeness (QED) is 0.160. The van der Waals surface area contributed by atoms with Gasteiger partial charge in [0.05, 0.1) is 5.69 Å². The van der Waals surface area contributed by atoms with Crippen molar-refractivity contribution >= 4 is 82.5 Å². The van der Waals surface area contributed by atoms with Crippen molar-refractivity contribution in [2.75, 3.05) is 4.90 Å². The molecule has 0 atom stereocenters. The summed E-state index contributed by atoms with van der Waals surface area (Å²) in [5.41, 5.74) is 16.1. The third-order valence-electron chi connectivity index (χ3n) is 13.1. The van der Waals surface area contributed by atoms with Crippen LogP contribution >= 0.6 is 0 Å². The van der Waals surface area contributed by atoms with E-state index in [4.69, 9.17) is 8.83 Å². The van der Waals surface area contributed by atoms with Gasteiger partial charge in [-0.1, -0.05) is 170 Å². The van der Waals surface area contributed by atoms with Crippen LogP contribution in [-0.2, 0) is 0 Å². The van der Waals surface area contributed by atoms with Gasteiger partial charge in [0.2, 0.25) is 0 Å². The Morgan fingerprint density at radius 2 is 0.785 bits per heavy atom. The van der Waals surface area contributed by atoms with Crippen LogP contribution in [0.3, 0.4) is 0 Å². The molecule has 0 radical (unpaired) electrons. The second-order valence-electron chi connectivity index (χ2n) is 16.8. The van der Waals surface area contributed by atoms with Gasteiger partial charge in [-0.15, -0.1) is 0 Å². The van der Waals surface area contributed by atoms with Gasteiger partial charge in [-0.3, -0.25) is 0 Å². The summed E-state index contributed by atoms with van der Waals surface area (Å²) >= 11 is 0. The molecule has 0 saturated heterocycles. The van der Waals surface area contributed by atoms with Gasteiger partial charge in [0, 0.05) is 43.9 Å². The molecule has 2 aromatic heterocycles. The van der Waals surface area contributed by atoms with Gasteiger partial charge in [0.25, 0.3) is 0 Å². The molecule has 3 nitrogen and oxygen atoms in total. The second-order valence-corrected chi connectivity index (χ2v) is 16.8. The highest BCUT2D eigenvalue weighted by molar-refractivity contribution is 6.16. The van der Waals surface area contributed by atoms with Crippen molar-refractivity contribution in [2.45, 2.75) is 0 Å². The average molecular weight is 830 g/mol. The molecule has 0 spiro atoms. The van der Waals surface area contributed by atoms with Gasteiger partial charge in [-0.25, -0.2) is 0 Å². The largest absolute Gasteiger partial charge is 0.456 e. The molecule has 65 heavy (non-hydrogen) atoms. The highest BCUT2D eigenvalue weighted by atomic mass is 16.3. The molecule has 0 fully saturated rings. The number of hydrogen-bond acceptors (Lipinski definition) is 3. The van der Waals surface area contributed by atoms with Crippen LogP contribution in [0.25, 0.3) is 110 Å². The zero-order chi connectivity index (χ0) is 42.8. The molecule has 0 saturated carbocycles. The summed E-state index contributed by atoms with van der Waals surface area (Å²) in [7, 11) is 0. The van der Waals surface area contributed by atoms with E-state index < -0.39 is 0 Å². The average Bonchev–Trinajstić information content (AvgIpc) is 3.95.